The second-order valence-corrected chi connectivity index (χ2v) is 5.86. The molecule has 0 aliphatic rings. The Kier molecular flexibility index (Phi) is 6.42. The zero-order chi connectivity index (χ0) is 16.0. The first kappa shape index (κ1) is 17.2. The predicted molar refractivity (Wildman–Crippen MR) is 96.5 cm³/mol. The van der Waals surface area contributed by atoms with Gasteiger partial charge in [0.25, 0.3) is 0 Å². The van der Waals surface area contributed by atoms with Crippen LogP contribution in [0.1, 0.15) is 50.3 Å². The molecule has 0 aliphatic heterocycles. The van der Waals surface area contributed by atoms with Crippen LogP contribution in [0.25, 0.3) is 5.57 Å². The van der Waals surface area contributed by atoms with E-state index in [1.165, 1.54) is 34.3 Å². The van der Waals surface area contributed by atoms with Gasteiger partial charge in [0.2, 0.25) is 0 Å². The van der Waals surface area contributed by atoms with Crippen molar-refractivity contribution in [2.24, 2.45) is 0 Å². The average Bonchev–Trinajstić information content (AvgIpc) is 2.46. The van der Waals surface area contributed by atoms with Crippen LogP contribution in [0.3, 0.4) is 0 Å². The number of hydrogen-bond acceptors (Lipinski definition) is 0. The van der Waals surface area contributed by atoms with Crippen molar-refractivity contribution in [2.75, 3.05) is 0 Å². The number of rotatable bonds is 6. The van der Waals surface area contributed by atoms with Crippen LogP contribution in [0.5, 0.6) is 0 Å². The Morgan fingerprint density at radius 3 is 2.38 bits per heavy atom. The van der Waals surface area contributed by atoms with Crippen LogP contribution in [0, 0.1) is 13.8 Å². The van der Waals surface area contributed by atoms with Crippen molar-refractivity contribution in [3.05, 3.63) is 76.9 Å². The molecule has 112 valence electrons. The molecule has 21 heavy (non-hydrogen) atoms. The van der Waals surface area contributed by atoms with Gasteiger partial charge in [-0.15, -0.1) is 0 Å². The van der Waals surface area contributed by atoms with Gasteiger partial charge in [0.1, 0.15) is 0 Å². The van der Waals surface area contributed by atoms with Gasteiger partial charge in [-0.05, 0) is 62.0 Å². The highest BCUT2D eigenvalue weighted by atomic mass is 14.1. The molecule has 0 atom stereocenters. The van der Waals surface area contributed by atoms with E-state index in [9.17, 15) is 0 Å². The molecular weight excluding hydrogens is 252 g/mol. The topological polar surface area (TPSA) is 0 Å². The summed E-state index contributed by atoms with van der Waals surface area (Å²) in [5, 5.41) is 0. The van der Waals surface area contributed by atoms with Crippen LogP contribution in [0.2, 0.25) is 0 Å². The van der Waals surface area contributed by atoms with E-state index in [-0.39, 0.29) is 0 Å². The van der Waals surface area contributed by atoms with Gasteiger partial charge >= 0.3 is 0 Å². The molecule has 1 aromatic carbocycles. The minimum atomic E-state index is 1.04. The molecular formula is C21H28. The summed E-state index contributed by atoms with van der Waals surface area (Å²) < 4.78 is 0. The van der Waals surface area contributed by atoms with E-state index in [2.05, 4.69) is 78.1 Å². The van der Waals surface area contributed by atoms with Gasteiger partial charge in [-0.2, -0.15) is 0 Å². The zero-order valence-corrected chi connectivity index (χ0v) is 14.2. The minimum absolute atomic E-state index is 1.04. The highest BCUT2D eigenvalue weighted by Crippen LogP contribution is 2.22. The maximum Gasteiger partial charge on any atom is -0.0158 e. The fourth-order valence-corrected chi connectivity index (χ4v) is 2.33. The van der Waals surface area contributed by atoms with Gasteiger partial charge in [0.15, 0.2) is 0 Å². The molecule has 0 fully saturated rings. The highest BCUT2D eigenvalue weighted by molar-refractivity contribution is 5.75. The van der Waals surface area contributed by atoms with E-state index in [4.69, 9.17) is 0 Å². The van der Waals surface area contributed by atoms with Crippen LogP contribution in [-0.2, 0) is 0 Å². The lowest BCUT2D eigenvalue weighted by Gasteiger charge is -2.09. The molecule has 0 spiro atoms. The number of aryl methyl sites for hydroxylation is 2. The fraction of sp³-hybridized carbons (Fsp3) is 0.333. The van der Waals surface area contributed by atoms with Gasteiger partial charge in [-0.25, -0.2) is 0 Å². The van der Waals surface area contributed by atoms with Gasteiger partial charge in [0.05, 0.1) is 0 Å². The van der Waals surface area contributed by atoms with Crippen molar-refractivity contribution in [1.82, 2.24) is 0 Å². The first-order chi connectivity index (χ1) is 9.86. The first-order valence-corrected chi connectivity index (χ1v) is 7.67. The Labute approximate surface area is 130 Å². The Hall–Kier alpha value is -1.82. The summed E-state index contributed by atoms with van der Waals surface area (Å²) >= 11 is 0. The lowest BCUT2D eigenvalue weighted by atomic mass is 9.96. The molecule has 0 aromatic heterocycles. The van der Waals surface area contributed by atoms with Crippen molar-refractivity contribution < 1.29 is 0 Å². The predicted octanol–water partition coefficient (Wildman–Crippen LogP) is 6.57. The van der Waals surface area contributed by atoms with Gasteiger partial charge in [-0.3, -0.25) is 0 Å². The van der Waals surface area contributed by atoms with Crippen LogP contribution >= 0.6 is 0 Å². The van der Waals surface area contributed by atoms with E-state index < -0.39 is 0 Å². The Balaban J connectivity index is 2.90. The second kappa shape index (κ2) is 7.83. The third kappa shape index (κ3) is 4.90. The molecule has 1 aromatic rings. The molecule has 0 heterocycles. The molecule has 0 heteroatoms. The fourth-order valence-electron chi connectivity index (χ4n) is 2.33. The molecule has 0 saturated carbocycles. The molecule has 1 rings (SSSR count). The quantitative estimate of drug-likeness (QED) is 0.517. The molecule has 0 aliphatic carbocycles. The van der Waals surface area contributed by atoms with E-state index in [0.29, 0.717) is 0 Å². The van der Waals surface area contributed by atoms with E-state index in [1.807, 2.05) is 0 Å². The van der Waals surface area contributed by atoms with Crippen molar-refractivity contribution >= 4 is 5.57 Å². The summed E-state index contributed by atoms with van der Waals surface area (Å²) in [5.41, 5.74) is 8.57. The zero-order valence-electron chi connectivity index (χ0n) is 14.2. The van der Waals surface area contributed by atoms with Crippen LogP contribution in [0.4, 0.5) is 0 Å². The van der Waals surface area contributed by atoms with E-state index in [0.717, 1.165) is 17.6 Å². The number of hydrogen-bond donors (Lipinski definition) is 0. The normalized spacial score (nSPS) is 12.4. The van der Waals surface area contributed by atoms with Gasteiger partial charge < -0.3 is 0 Å². The Morgan fingerprint density at radius 2 is 1.76 bits per heavy atom. The van der Waals surface area contributed by atoms with Crippen LogP contribution < -0.4 is 0 Å². The summed E-state index contributed by atoms with van der Waals surface area (Å²) in [6.45, 7) is 19.2. The maximum absolute atomic E-state index is 4.20. The van der Waals surface area contributed by atoms with Crippen molar-refractivity contribution in [2.45, 2.75) is 47.5 Å². The van der Waals surface area contributed by atoms with E-state index >= 15 is 0 Å². The van der Waals surface area contributed by atoms with Gasteiger partial charge in [-0.1, -0.05) is 68.0 Å². The molecule has 0 saturated heterocycles. The van der Waals surface area contributed by atoms with Crippen LogP contribution in [-0.4, -0.2) is 0 Å². The minimum Gasteiger partial charge on any atom is -0.0915 e. The van der Waals surface area contributed by atoms with Crippen molar-refractivity contribution in [1.29, 1.82) is 0 Å². The lowest BCUT2D eigenvalue weighted by Crippen LogP contribution is -1.89. The average molecular weight is 280 g/mol. The largest absolute Gasteiger partial charge is 0.0915 e. The summed E-state index contributed by atoms with van der Waals surface area (Å²) in [6, 6.07) is 6.47. The lowest BCUT2D eigenvalue weighted by molar-refractivity contribution is 0.893. The third-order valence-corrected chi connectivity index (χ3v) is 3.97. The molecule has 0 unspecified atom stereocenters. The second-order valence-electron chi connectivity index (χ2n) is 5.86. The first-order valence-electron chi connectivity index (χ1n) is 7.67. The summed E-state index contributed by atoms with van der Waals surface area (Å²) in [6.07, 6.45) is 6.47. The SMILES string of the molecule is C=C(/C=C\C(=C)c1cc(C)ccc1C)/C(C)=C(\C)CCC. The monoisotopic (exact) mass is 280 g/mol. The smallest absolute Gasteiger partial charge is 0.0158 e. The number of allylic oxidation sites excluding steroid dienone is 6. The maximum atomic E-state index is 4.20. The Bertz CT molecular complexity index is 594. The summed E-state index contributed by atoms with van der Waals surface area (Å²) in [7, 11) is 0. The van der Waals surface area contributed by atoms with Crippen molar-refractivity contribution in [3.63, 3.8) is 0 Å². The van der Waals surface area contributed by atoms with Crippen LogP contribution in [0.15, 0.2) is 60.2 Å². The van der Waals surface area contributed by atoms with Gasteiger partial charge in [0, 0.05) is 0 Å². The summed E-state index contributed by atoms with van der Waals surface area (Å²) in [5.74, 6) is 0. The molecule has 0 N–H and O–H groups in total. The third-order valence-electron chi connectivity index (χ3n) is 3.97. The molecule has 0 amide bonds. The molecule has 0 radical (unpaired) electrons. The summed E-state index contributed by atoms with van der Waals surface area (Å²) in [4.78, 5) is 0. The molecule has 0 nitrogen and oxygen atoms in total. The van der Waals surface area contributed by atoms with Crippen molar-refractivity contribution in [3.8, 4) is 0 Å². The van der Waals surface area contributed by atoms with E-state index in [1.54, 1.807) is 0 Å². The standard InChI is InChI=1S/C21H28/c1-8-9-16(3)20(7)17(4)12-13-19(6)21-14-15(2)10-11-18(21)5/h10-14H,4,6,8-9H2,1-3,5,7H3/b13-12-,20-16+. The number of benzene rings is 1. The highest BCUT2D eigenvalue weighted by Gasteiger charge is 2.02. The molecule has 0 bridgehead atoms. The Morgan fingerprint density at radius 1 is 1.10 bits per heavy atom.